The van der Waals surface area contributed by atoms with E-state index < -0.39 is 0 Å². The van der Waals surface area contributed by atoms with E-state index >= 15 is 0 Å². The van der Waals surface area contributed by atoms with Gasteiger partial charge >= 0.3 is 0 Å². The Morgan fingerprint density at radius 2 is 2.20 bits per heavy atom. The van der Waals surface area contributed by atoms with E-state index in [4.69, 9.17) is 0 Å². The number of hydrogen-bond donors (Lipinski definition) is 2. The van der Waals surface area contributed by atoms with Gasteiger partial charge in [-0.15, -0.1) is 0 Å². The lowest BCUT2D eigenvalue weighted by Crippen LogP contribution is -2.50. The Labute approximate surface area is 122 Å². The first-order valence-corrected chi connectivity index (χ1v) is 8.30. The average molecular weight is 276 g/mol. The molecule has 3 rings (SSSR count). The second-order valence-corrected chi connectivity index (χ2v) is 6.55. The molecule has 0 bridgehead atoms. The van der Waals surface area contributed by atoms with Crippen LogP contribution >= 0.6 is 0 Å². The van der Waals surface area contributed by atoms with Crippen molar-refractivity contribution in [1.29, 1.82) is 0 Å². The largest absolute Gasteiger partial charge is 0.314 e. The van der Waals surface area contributed by atoms with Crippen molar-refractivity contribution < 1.29 is 0 Å². The molecule has 4 unspecified atom stereocenters. The van der Waals surface area contributed by atoms with Crippen molar-refractivity contribution in [2.75, 3.05) is 6.54 Å². The Morgan fingerprint density at radius 3 is 2.95 bits per heavy atom. The van der Waals surface area contributed by atoms with E-state index in [1.165, 1.54) is 45.1 Å². The lowest BCUT2D eigenvalue weighted by Gasteiger charge is -2.38. The van der Waals surface area contributed by atoms with E-state index in [0.29, 0.717) is 12.1 Å². The standard InChI is InChI=1S/C16H28N4/c1-13(12-20-11-5-10-18-20)19-16-7-3-2-6-14(16)15-8-4-9-17-15/h5,10-11,13-17,19H,2-4,6-9,12H2,1H3. The molecule has 2 heterocycles. The fraction of sp³-hybridized carbons (Fsp3) is 0.812. The van der Waals surface area contributed by atoms with E-state index in [1.807, 2.05) is 16.9 Å². The monoisotopic (exact) mass is 276 g/mol. The van der Waals surface area contributed by atoms with Crippen molar-refractivity contribution in [1.82, 2.24) is 20.4 Å². The van der Waals surface area contributed by atoms with Crippen molar-refractivity contribution in [3.8, 4) is 0 Å². The molecule has 112 valence electrons. The summed E-state index contributed by atoms with van der Waals surface area (Å²) in [6.07, 6.45) is 12.2. The van der Waals surface area contributed by atoms with Gasteiger partial charge < -0.3 is 10.6 Å². The highest BCUT2D eigenvalue weighted by molar-refractivity contribution is 4.92. The van der Waals surface area contributed by atoms with Crippen LogP contribution in [0.3, 0.4) is 0 Å². The molecular formula is C16H28N4. The molecule has 1 aliphatic heterocycles. The average Bonchev–Trinajstić information content (AvgIpc) is 3.11. The van der Waals surface area contributed by atoms with Gasteiger partial charge in [-0.1, -0.05) is 12.8 Å². The molecule has 20 heavy (non-hydrogen) atoms. The molecule has 4 atom stereocenters. The summed E-state index contributed by atoms with van der Waals surface area (Å²) in [5.41, 5.74) is 0. The predicted octanol–water partition coefficient (Wildman–Crippen LogP) is 2.17. The maximum absolute atomic E-state index is 4.31. The Bertz CT molecular complexity index is 383. The van der Waals surface area contributed by atoms with Crippen molar-refractivity contribution in [3.63, 3.8) is 0 Å². The van der Waals surface area contributed by atoms with Gasteiger partial charge in [-0.25, -0.2) is 0 Å². The molecular weight excluding hydrogens is 248 g/mol. The van der Waals surface area contributed by atoms with Gasteiger partial charge in [0.05, 0.1) is 6.54 Å². The van der Waals surface area contributed by atoms with Crippen molar-refractivity contribution in [3.05, 3.63) is 18.5 Å². The summed E-state index contributed by atoms with van der Waals surface area (Å²) in [4.78, 5) is 0. The van der Waals surface area contributed by atoms with Gasteiger partial charge in [0.1, 0.15) is 0 Å². The molecule has 4 nitrogen and oxygen atoms in total. The van der Waals surface area contributed by atoms with E-state index in [9.17, 15) is 0 Å². The fourth-order valence-electron chi connectivity index (χ4n) is 4.03. The zero-order chi connectivity index (χ0) is 13.8. The van der Waals surface area contributed by atoms with Crippen LogP contribution in [-0.2, 0) is 6.54 Å². The lowest BCUT2D eigenvalue weighted by molar-refractivity contribution is 0.198. The van der Waals surface area contributed by atoms with Crippen molar-refractivity contribution in [2.45, 2.75) is 70.1 Å². The summed E-state index contributed by atoms with van der Waals surface area (Å²) >= 11 is 0. The molecule has 2 N–H and O–H groups in total. The zero-order valence-electron chi connectivity index (χ0n) is 12.6. The van der Waals surface area contributed by atoms with E-state index in [1.54, 1.807) is 0 Å². The first kappa shape index (κ1) is 14.1. The van der Waals surface area contributed by atoms with Crippen LogP contribution in [0.25, 0.3) is 0 Å². The Kier molecular flexibility index (Phi) is 4.73. The third-order valence-corrected chi connectivity index (χ3v) is 4.95. The summed E-state index contributed by atoms with van der Waals surface area (Å²) in [5.74, 6) is 0.825. The summed E-state index contributed by atoms with van der Waals surface area (Å²) in [5, 5.41) is 11.9. The summed E-state index contributed by atoms with van der Waals surface area (Å²) in [7, 11) is 0. The highest BCUT2D eigenvalue weighted by atomic mass is 15.3. The van der Waals surface area contributed by atoms with Gasteiger partial charge in [-0.3, -0.25) is 4.68 Å². The fourth-order valence-corrected chi connectivity index (χ4v) is 4.03. The van der Waals surface area contributed by atoms with Gasteiger partial charge in [-0.05, 0) is 51.1 Å². The Balaban J connectivity index is 1.55. The molecule has 0 spiro atoms. The van der Waals surface area contributed by atoms with Crippen LogP contribution in [0, 0.1) is 5.92 Å². The molecule has 1 saturated heterocycles. The number of nitrogens with one attached hydrogen (secondary N) is 2. The van der Waals surface area contributed by atoms with Crippen LogP contribution in [0.2, 0.25) is 0 Å². The first-order chi connectivity index (χ1) is 9.83. The van der Waals surface area contributed by atoms with Gasteiger partial charge in [0.25, 0.3) is 0 Å². The molecule has 2 aliphatic rings. The van der Waals surface area contributed by atoms with Crippen LogP contribution in [0.1, 0.15) is 45.4 Å². The van der Waals surface area contributed by atoms with Crippen LogP contribution in [0.15, 0.2) is 18.5 Å². The smallest absolute Gasteiger partial charge is 0.0560 e. The van der Waals surface area contributed by atoms with Crippen LogP contribution in [0.4, 0.5) is 0 Å². The zero-order valence-corrected chi connectivity index (χ0v) is 12.6. The molecule has 1 saturated carbocycles. The van der Waals surface area contributed by atoms with Crippen LogP contribution in [0.5, 0.6) is 0 Å². The Morgan fingerprint density at radius 1 is 1.30 bits per heavy atom. The van der Waals surface area contributed by atoms with E-state index in [2.05, 4.69) is 28.9 Å². The molecule has 1 aromatic heterocycles. The minimum Gasteiger partial charge on any atom is -0.314 e. The van der Waals surface area contributed by atoms with Crippen molar-refractivity contribution >= 4 is 0 Å². The summed E-state index contributed by atoms with van der Waals surface area (Å²) < 4.78 is 2.03. The minimum absolute atomic E-state index is 0.488. The first-order valence-electron chi connectivity index (χ1n) is 8.30. The predicted molar refractivity (Wildman–Crippen MR) is 81.6 cm³/mol. The normalized spacial score (nSPS) is 32.4. The lowest BCUT2D eigenvalue weighted by atomic mass is 9.79. The van der Waals surface area contributed by atoms with Crippen LogP contribution in [-0.4, -0.2) is 34.5 Å². The third kappa shape index (κ3) is 3.41. The highest BCUT2D eigenvalue weighted by Gasteiger charge is 2.33. The molecule has 1 aromatic rings. The van der Waals surface area contributed by atoms with Gasteiger partial charge in [0.15, 0.2) is 0 Å². The summed E-state index contributed by atoms with van der Waals surface area (Å²) in [6.45, 7) is 4.47. The molecule has 0 amide bonds. The Hall–Kier alpha value is -0.870. The second-order valence-electron chi connectivity index (χ2n) is 6.55. The number of aromatic nitrogens is 2. The minimum atomic E-state index is 0.488. The van der Waals surface area contributed by atoms with Crippen LogP contribution < -0.4 is 10.6 Å². The maximum atomic E-state index is 4.31. The number of rotatable bonds is 5. The molecule has 2 fully saturated rings. The molecule has 1 aliphatic carbocycles. The quantitative estimate of drug-likeness (QED) is 0.866. The van der Waals surface area contributed by atoms with Gasteiger partial charge in [0.2, 0.25) is 0 Å². The number of nitrogens with zero attached hydrogens (tertiary/aromatic N) is 2. The molecule has 4 heteroatoms. The number of hydrogen-bond acceptors (Lipinski definition) is 3. The second kappa shape index (κ2) is 6.72. The van der Waals surface area contributed by atoms with Gasteiger partial charge in [0, 0.05) is 30.5 Å². The molecule has 0 aromatic carbocycles. The maximum Gasteiger partial charge on any atom is 0.0560 e. The van der Waals surface area contributed by atoms with E-state index in [-0.39, 0.29) is 0 Å². The van der Waals surface area contributed by atoms with Gasteiger partial charge in [-0.2, -0.15) is 5.10 Å². The topological polar surface area (TPSA) is 41.9 Å². The third-order valence-electron chi connectivity index (χ3n) is 4.95. The highest BCUT2D eigenvalue weighted by Crippen LogP contribution is 2.30. The summed E-state index contributed by atoms with van der Waals surface area (Å²) in [6, 6.07) is 3.93. The van der Waals surface area contributed by atoms with Crippen molar-refractivity contribution in [2.24, 2.45) is 5.92 Å². The SMILES string of the molecule is CC(Cn1cccn1)NC1CCCCC1C1CCCN1. The van der Waals surface area contributed by atoms with E-state index in [0.717, 1.165) is 18.5 Å². The molecule has 0 radical (unpaired) electrons.